The van der Waals surface area contributed by atoms with E-state index in [1.54, 1.807) is 11.3 Å². The number of thiazole rings is 1. The van der Waals surface area contributed by atoms with Crippen LogP contribution in [0.4, 0.5) is 0 Å². The summed E-state index contributed by atoms with van der Waals surface area (Å²) in [5.41, 5.74) is 8.72. The molecule has 0 saturated heterocycles. The first-order valence-electron chi connectivity index (χ1n) is 5.04. The lowest BCUT2D eigenvalue weighted by Crippen LogP contribution is -2.07. The van der Waals surface area contributed by atoms with E-state index in [4.69, 9.17) is 5.73 Å². The molecule has 0 amide bonds. The van der Waals surface area contributed by atoms with Crippen molar-refractivity contribution in [2.45, 2.75) is 44.6 Å². The smallest absolute Gasteiger partial charge is 0.0798 e. The van der Waals surface area contributed by atoms with Crippen LogP contribution in [0.2, 0.25) is 0 Å². The van der Waals surface area contributed by atoms with Crippen LogP contribution in [-0.4, -0.2) is 4.98 Å². The van der Waals surface area contributed by atoms with Crippen molar-refractivity contribution in [2.24, 2.45) is 5.73 Å². The van der Waals surface area contributed by atoms with Crippen LogP contribution in [0.25, 0.3) is 0 Å². The van der Waals surface area contributed by atoms with E-state index in [1.165, 1.54) is 37.0 Å². The molecule has 13 heavy (non-hydrogen) atoms. The quantitative estimate of drug-likeness (QED) is 0.789. The number of hydrogen-bond acceptors (Lipinski definition) is 3. The minimum absolute atomic E-state index is 0.606. The SMILES string of the molecule is NCc1ncsc1C1CCCCC1. The molecule has 0 spiro atoms. The molecular weight excluding hydrogens is 180 g/mol. The van der Waals surface area contributed by atoms with Gasteiger partial charge in [-0.1, -0.05) is 19.3 Å². The Bertz CT molecular complexity index is 264. The van der Waals surface area contributed by atoms with Crippen LogP contribution in [-0.2, 0) is 6.54 Å². The van der Waals surface area contributed by atoms with Gasteiger partial charge in [0.2, 0.25) is 0 Å². The van der Waals surface area contributed by atoms with Crippen LogP contribution < -0.4 is 5.73 Å². The number of nitrogens with two attached hydrogens (primary N) is 1. The molecule has 1 aliphatic carbocycles. The fourth-order valence-electron chi connectivity index (χ4n) is 2.13. The molecule has 0 aliphatic heterocycles. The van der Waals surface area contributed by atoms with E-state index in [9.17, 15) is 0 Å². The monoisotopic (exact) mass is 196 g/mol. The normalized spacial score (nSPS) is 19.2. The average Bonchev–Trinajstić information content (AvgIpc) is 2.67. The van der Waals surface area contributed by atoms with Gasteiger partial charge in [-0.2, -0.15) is 0 Å². The molecule has 1 aromatic rings. The first kappa shape index (κ1) is 9.16. The van der Waals surface area contributed by atoms with Gasteiger partial charge in [-0.3, -0.25) is 0 Å². The third-order valence-electron chi connectivity index (χ3n) is 2.84. The van der Waals surface area contributed by atoms with Gasteiger partial charge in [-0.15, -0.1) is 11.3 Å². The van der Waals surface area contributed by atoms with E-state index in [2.05, 4.69) is 4.98 Å². The van der Waals surface area contributed by atoms with Gasteiger partial charge in [0.05, 0.1) is 11.2 Å². The standard InChI is InChI=1S/C10H16N2S/c11-6-9-10(13-7-12-9)8-4-2-1-3-5-8/h7-8H,1-6,11H2. The van der Waals surface area contributed by atoms with Crippen LogP contribution in [0, 0.1) is 0 Å². The first-order valence-corrected chi connectivity index (χ1v) is 5.92. The number of hydrogen-bond donors (Lipinski definition) is 1. The van der Waals surface area contributed by atoms with E-state index < -0.39 is 0 Å². The van der Waals surface area contributed by atoms with Gasteiger partial charge in [0.25, 0.3) is 0 Å². The van der Waals surface area contributed by atoms with E-state index in [1.807, 2.05) is 5.51 Å². The van der Waals surface area contributed by atoms with Crippen molar-refractivity contribution in [3.05, 3.63) is 16.1 Å². The van der Waals surface area contributed by atoms with Crippen LogP contribution in [0.15, 0.2) is 5.51 Å². The summed E-state index contributed by atoms with van der Waals surface area (Å²) in [4.78, 5) is 5.76. The molecule has 1 saturated carbocycles. The second kappa shape index (κ2) is 4.20. The van der Waals surface area contributed by atoms with Crippen LogP contribution in [0.3, 0.4) is 0 Å². The Kier molecular flexibility index (Phi) is 2.96. The van der Waals surface area contributed by atoms with Crippen molar-refractivity contribution < 1.29 is 0 Å². The summed E-state index contributed by atoms with van der Waals surface area (Å²) in [6.45, 7) is 0.606. The molecule has 1 aromatic heterocycles. The van der Waals surface area contributed by atoms with Gasteiger partial charge in [-0.05, 0) is 18.8 Å². The Morgan fingerprint density at radius 2 is 2.15 bits per heavy atom. The molecule has 3 heteroatoms. The number of rotatable bonds is 2. The van der Waals surface area contributed by atoms with Gasteiger partial charge in [0, 0.05) is 11.4 Å². The number of nitrogens with zero attached hydrogens (tertiary/aromatic N) is 1. The summed E-state index contributed by atoms with van der Waals surface area (Å²) in [6, 6.07) is 0. The molecular formula is C10H16N2S. The van der Waals surface area contributed by atoms with Crippen molar-refractivity contribution >= 4 is 11.3 Å². The van der Waals surface area contributed by atoms with Crippen molar-refractivity contribution in [3.8, 4) is 0 Å². The first-order chi connectivity index (χ1) is 6.42. The maximum Gasteiger partial charge on any atom is 0.0798 e. The zero-order valence-electron chi connectivity index (χ0n) is 7.83. The van der Waals surface area contributed by atoms with Crippen molar-refractivity contribution in [3.63, 3.8) is 0 Å². The summed E-state index contributed by atoms with van der Waals surface area (Å²) >= 11 is 1.79. The summed E-state index contributed by atoms with van der Waals surface area (Å²) < 4.78 is 0. The second-order valence-corrected chi connectivity index (χ2v) is 4.59. The molecule has 0 bridgehead atoms. The molecule has 1 aliphatic rings. The van der Waals surface area contributed by atoms with Gasteiger partial charge in [0.15, 0.2) is 0 Å². The Labute approximate surface area is 83.2 Å². The molecule has 0 aromatic carbocycles. The lowest BCUT2D eigenvalue weighted by Gasteiger charge is -2.20. The maximum atomic E-state index is 5.65. The molecule has 1 fully saturated rings. The minimum Gasteiger partial charge on any atom is -0.325 e. The topological polar surface area (TPSA) is 38.9 Å². The molecule has 2 nitrogen and oxygen atoms in total. The zero-order chi connectivity index (χ0) is 9.10. The maximum absolute atomic E-state index is 5.65. The summed E-state index contributed by atoms with van der Waals surface area (Å²) in [5.74, 6) is 0.764. The Morgan fingerprint density at radius 1 is 1.38 bits per heavy atom. The highest BCUT2D eigenvalue weighted by atomic mass is 32.1. The Balaban J connectivity index is 2.13. The molecule has 0 unspecified atom stereocenters. The van der Waals surface area contributed by atoms with Crippen molar-refractivity contribution in [1.29, 1.82) is 0 Å². The molecule has 0 radical (unpaired) electrons. The van der Waals surface area contributed by atoms with E-state index in [-0.39, 0.29) is 0 Å². The molecule has 0 atom stereocenters. The highest BCUT2D eigenvalue weighted by molar-refractivity contribution is 7.09. The van der Waals surface area contributed by atoms with Crippen LogP contribution in [0.1, 0.15) is 48.6 Å². The molecule has 72 valence electrons. The third kappa shape index (κ3) is 1.92. The zero-order valence-corrected chi connectivity index (χ0v) is 8.65. The van der Waals surface area contributed by atoms with E-state index in [0.717, 1.165) is 11.6 Å². The molecule has 2 N–H and O–H groups in total. The minimum atomic E-state index is 0.606. The predicted molar refractivity (Wildman–Crippen MR) is 55.8 cm³/mol. The average molecular weight is 196 g/mol. The van der Waals surface area contributed by atoms with E-state index in [0.29, 0.717) is 6.54 Å². The fraction of sp³-hybridized carbons (Fsp3) is 0.700. The molecule has 2 rings (SSSR count). The van der Waals surface area contributed by atoms with Gasteiger partial charge in [0.1, 0.15) is 0 Å². The lowest BCUT2D eigenvalue weighted by atomic mass is 9.87. The lowest BCUT2D eigenvalue weighted by molar-refractivity contribution is 0.446. The summed E-state index contributed by atoms with van der Waals surface area (Å²) in [5, 5.41) is 0. The van der Waals surface area contributed by atoms with Crippen molar-refractivity contribution in [1.82, 2.24) is 4.98 Å². The van der Waals surface area contributed by atoms with Gasteiger partial charge in [-0.25, -0.2) is 4.98 Å². The number of aromatic nitrogens is 1. The van der Waals surface area contributed by atoms with Gasteiger partial charge >= 0.3 is 0 Å². The summed E-state index contributed by atoms with van der Waals surface area (Å²) in [7, 11) is 0. The third-order valence-corrected chi connectivity index (χ3v) is 3.88. The van der Waals surface area contributed by atoms with Gasteiger partial charge < -0.3 is 5.73 Å². The Hall–Kier alpha value is -0.410. The second-order valence-electron chi connectivity index (χ2n) is 3.70. The predicted octanol–water partition coefficient (Wildman–Crippen LogP) is 2.65. The Morgan fingerprint density at radius 3 is 2.85 bits per heavy atom. The highest BCUT2D eigenvalue weighted by Crippen LogP contribution is 2.36. The van der Waals surface area contributed by atoms with Crippen LogP contribution >= 0.6 is 11.3 Å². The van der Waals surface area contributed by atoms with Crippen molar-refractivity contribution in [2.75, 3.05) is 0 Å². The fourth-order valence-corrected chi connectivity index (χ4v) is 3.12. The van der Waals surface area contributed by atoms with Crippen LogP contribution in [0.5, 0.6) is 0 Å². The van der Waals surface area contributed by atoms with E-state index >= 15 is 0 Å². The highest BCUT2D eigenvalue weighted by Gasteiger charge is 2.19. The largest absolute Gasteiger partial charge is 0.325 e. The summed E-state index contributed by atoms with van der Waals surface area (Å²) in [6.07, 6.45) is 6.86. The molecule has 1 heterocycles.